The number of aryl methyl sites for hydroxylation is 1. The summed E-state index contributed by atoms with van der Waals surface area (Å²) in [6.07, 6.45) is 4.03. The third-order valence-corrected chi connectivity index (χ3v) is 4.90. The summed E-state index contributed by atoms with van der Waals surface area (Å²) in [4.78, 5) is 17.9. The van der Waals surface area contributed by atoms with E-state index in [4.69, 9.17) is 4.74 Å². The summed E-state index contributed by atoms with van der Waals surface area (Å²) in [6.45, 7) is 0.532. The minimum absolute atomic E-state index is 0.0397. The van der Waals surface area contributed by atoms with Gasteiger partial charge < -0.3 is 14.6 Å². The monoisotopic (exact) mass is 350 g/mol. The minimum atomic E-state index is 0.0397. The second-order valence-electron chi connectivity index (χ2n) is 6.66. The Kier molecular flexibility index (Phi) is 6.08. The Labute approximate surface area is 154 Å². The SMILES string of the molecule is COC[C@@H](Cc1ccccc1)N(C)C(=O)CCc1c[nH]c2ccccc12. The van der Waals surface area contributed by atoms with Crippen LogP contribution in [-0.2, 0) is 22.4 Å². The van der Waals surface area contributed by atoms with E-state index in [9.17, 15) is 4.79 Å². The van der Waals surface area contributed by atoms with Crippen molar-refractivity contribution in [3.8, 4) is 0 Å². The topological polar surface area (TPSA) is 45.3 Å². The quantitative estimate of drug-likeness (QED) is 0.671. The number of H-pyrrole nitrogens is 1. The van der Waals surface area contributed by atoms with Gasteiger partial charge in [0.15, 0.2) is 0 Å². The lowest BCUT2D eigenvalue weighted by atomic mass is 10.0. The largest absolute Gasteiger partial charge is 0.383 e. The molecule has 0 saturated heterocycles. The maximum Gasteiger partial charge on any atom is 0.222 e. The van der Waals surface area contributed by atoms with Gasteiger partial charge in [0.1, 0.15) is 0 Å². The molecule has 0 bridgehead atoms. The molecule has 1 heterocycles. The van der Waals surface area contributed by atoms with Gasteiger partial charge in [-0.05, 0) is 30.0 Å². The normalized spacial score (nSPS) is 12.2. The molecule has 0 saturated carbocycles. The number of aromatic amines is 1. The maximum absolute atomic E-state index is 12.7. The van der Waals surface area contributed by atoms with Crippen molar-refractivity contribution in [1.29, 1.82) is 0 Å². The summed E-state index contributed by atoms with van der Waals surface area (Å²) in [5.74, 6) is 0.147. The summed E-state index contributed by atoms with van der Waals surface area (Å²) in [5, 5.41) is 1.20. The van der Waals surface area contributed by atoms with Crippen LogP contribution in [0.5, 0.6) is 0 Å². The van der Waals surface area contributed by atoms with Crippen molar-refractivity contribution in [2.75, 3.05) is 20.8 Å². The molecule has 0 aliphatic carbocycles. The van der Waals surface area contributed by atoms with Gasteiger partial charge in [0.25, 0.3) is 0 Å². The Bertz CT molecular complexity index is 841. The molecule has 2 aromatic carbocycles. The van der Waals surface area contributed by atoms with Crippen LogP contribution in [0.15, 0.2) is 60.8 Å². The van der Waals surface area contributed by atoms with Crippen LogP contribution in [0.25, 0.3) is 10.9 Å². The Balaban J connectivity index is 1.63. The molecule has 0 unspecified atom stereocenters. The van der Waals surface area contributed by atoms with Gasteiger partial charge in [-0.3, -0.25) is 4.79 Å². The van der Waals surface area contributed by atoms with Gasteiger partial charge in [-0.15, -0.1) is 0 Å². The first kappa shape index (κ1) is 18.2. The number of para-hydroxylation sites is 1. The minimum Gasteiger partial charge on any atom is -0.383 e. The zero-order valence-corrected chi connectivity index (χ0v) is 15.4. The Morgan fingerprint density at radius 3 is 2.62 bits per heavy atom. The number of ether oxygens (including phenoxy) is 1. The van der Waals surface area contributed by atoms with E-state index in [0.29, 0.717) is 13.0 Å². The van der Waals surface area contributed by atoms with Gasteiger partial charge >= 0.3 is 0 Å². The first-order valence-corrected chi connectivity index (χ1v) is 9.02. The van der Waals surface area contributed by atoms with Crippen molar-refractivity contribution in [3.05, 3.63) is 71.9 Å². The fourth-order valence-electron chi connectivity index (χ4n) is 3.35. The van der Waals surface area contributed by atoms with Crippen LogP contribution < -0.4 is 0 Å². The molecule has 136 valence electrons. The van der Waals surface area contributed by atoms with Gasteiger partial charge in [-0.1, -0.05) is 48.5 Å². The zero-order valence-electron chi connectivity index (χ0n) is 15.4. The molecule has 0 aliphatic rings. The average Bonchev–Trinajstić information content (AvgIpc) is 3.09. The summed E-state index contributed by atoms with van der Waals surface area (Å²) < 4.78 is 5.36. The van der Waals surface area contributed by atoms with Crippen LogP contribution in [0.1, 0.15) is 17.5 Å². The van der Waals surface area contributed by atoms with E-state index in [0.717, 1.165) is 18.4 Å². The molecule has 0 radical (unpaired) electrons. The van der Waals surface area contributed by atoms with Gasteiger partial charge in [-0.2, -0.15) is 0 Å². The maximum atomic E-state index is 12.7. The lowest BCUT2D eigenvalue weighted by Gasteiger charge is -2.28. The number of amides is 1. The third kappa shape index (κ3) is 4.33. The standard InChI is InChI=1S/C22H26N2O2/c1-24(19(16-26-2)14-17-8-4-3-5-9-17)22(25)13-12-18-15-23-21-11-7-6-10-20(18)21/h3-11,15,19,23H,12-14,16H2,1-2H3/t19-/m1/s1. The van der Waals surface area contributed by atoms with Crippen LogP contribution in [0, 0.1) is 0 Å². The highest BCUT2D eigenvalue weighted by Crippen LogP contribution is 2.19. The number of hydrogen-bond acceptors (Lipinski definition) is 2. The van der Waals surface area contributed by atoms with E-state index in [1.165, 1.54) is 16.5 Å². The number of rotatable bonds is 8. The van der Waals surface area contributed by atoms with Crippen LogP contribution in [0.2, 0.25) is 0 Å². The van der Waals surface area contributed by atoms with Gasteiger partial charge in [-0.25, -0.2) is 0 Å². The first-order chi connectivity index (χ1) is 12.7. The number of carbonyl (C=O) groups excluding carboxylic acids is 1. The van der Waals surface area contributed by atoms with Crippen molar-refractivity contribution in [3.63, 3.8) is 0 Å². The summed E-state index contributed by atoms with van der Waals surface area (Å²) >= 11 is 0. The Hall–Kier alpha value is -2.59. The number of nitrogens with one attached hydrogen (secondary N) is 1. The molecule has 1 amide bonds. The molecular formula is C22H26N2O2. The van der Waals surface area contributed by atoms with E-state index < -0.39 is 0 Å². The molecule has 1 aromatic heterocycles. The first-order valence-electron chi connectivity index (χ1n) is 9.02. The number of methoxy groups -OCH3 is 1. The highest BCUT2D eigenvalue weighted by molar-refractivity contribution is 5.84. The van der Waals surface area contributed by atoms with Crippen molar-refractivity contribution >= 4 is 16.8 Å². The fraction of sp³-hybridized carbons (Fsp3) is 0.318. The second kappa shape index (κ2) is 8.68. The third-order valence-electron chi connectivity index (χ3n) is 4.90. The molecule has 4 heteroatoms. The summed E-state index contributed by atoms with van der Waals surface area (Å²) in [6, 6.07) is 18.5. The van der Waals surface area contributed by atoms with E-state index >= 15 is 0 Å². The number of nitrogens with zero attached hydrogens (tertiary/aromatic N) is 1. The number of benzene rings is 2. The van der Waals surface area contributed by atoms with Crippen molar-refractivity contribution in [2.45, 2.75) is 25.3 Å². The molecule has 1 N–H and O–H groups in total. The van der Waals surface area contributed by atoms with Gasteiger partial charge in [0.05, 0.1) is 12.6 Å². The number of likely N-dealkylation sites (N-methyl/N-ethyl adjacent to an activating group) is 1. The summed E-state index contributed by atoms with van der Waals surface area (Å²) in [5.41, 5.74) is 3.52. The molecule has 3 aromatic rings. The molecular weight excluding hydrogens is 324 g/mol. The van der Waals surface area contributed by atoms with E-state index in [2.05, 4.69) is 29.2 Å². The summed E-state index contributed by atoms with van der Waals surface area (Å²) in [7, 11) is 3.56. The molecule has 0 spiro atoms. The van der Waals surface area contributed by atoms with E-state index in [1.54, 1.807) is 7.11 Å². The van der Waals surface area contributed by atoms with Crippen LogP contribution >= 0.6 is 0 Å². The predicted molar refractivity (Wildman–Crippen MR) is 105 cm³/mol. The molecule has 4 nitrogen and oxygen atoms in total. The average molecular weight is 350 g/mol. The lowest BCUT2D eigenvalue weighted by molar-refractivity contribution is -0.132. The fourth-order valence-corrected chi connectivity index (χ4v) is 3.35. The molecule has 0 aliphatic heterocycles. The zero-order chi connectivity index (χ0) is 18.4. The molecule has 1 atom stereocenters. The Morgan fingerprint density at radius 1 is 1.12 bits per heavy atom. The van der Waals surface area contributed by atoms with Crippen molar-refractivity contribution < 1.29 is 9.53 Å². The number of carbonyl (C=O) groups is 1. The van der Waals surface area contributed by atoms with Crippen molar-refractivity contribution in [1.82, 2.24) is 9.88 Å². The molecule has 0 fully saturated rings. The lowest BCUT2D eigenvalue weighted by Crippen LogP contribution is -2.41. The molecule has 26 heavy (non-hydrogen) atoms. The number of aromatic nitrogens is 1. The number of fused-ring (bicyclic) bond motifs is 1. The predicted octanol–water partition coefficient (Wildman–Crippen LogP) is 3.82. The Morgan fingerprint density at radius 2 is 1.85 bits per heavy atom. The van der Waals surface area contributed by atoms with Crippen molar-refractivity contribution in [2.24, 2.45) is 0 Å². The highest BCUT2D eigenvalue weighted by Gasteiger charge is 2.20. The van der Waals surface area contributed by atoms with Gasteiger partial charge in [0.2, 0.25) is 5.91 Å². The number of hydrogen-bond donors (Lipinski definition) is 1. The van der Waals surface area contributed by atoms with Crippen LogP contribution in [0.3, 0.4) is 0 Å². The highest BCUT2D eigenvalue weighted by atomic mass is 16.5. The van der Waals surface area contributed by atoms with Crippen LogP contribution in [-0.4, -0.2) is 42.6 Å². The van der Waals surface area contributed by atoms with E-state index in [-0.39, 0.29) is 11.9 Å². The van der Waals surface area contributed by atoms with Crippen LogP contribution in [0.4, 0.5) is 0 Å². The molecule has 3 rings (SSSR count). The van der Waals surface area contributed by atoms with Gasteiger partial charge in [0, 0.05) is 37.7 Å². The second-order valence-corrected chi connectivity index (χ2v) is 6.66. The smallest absolute Gasteiger partial charge is 0.222 e. The van der Waals surface area contributed by atoms with E-state index in [1.807, 2.05) is 48.5 Å².